The molecule has 1 N–H and O–H groups in total. The van der Waals surface area contributed by atoms with Gasteiger partial charge in [0.15, 0.2) is 0 Å². The number of likely N-dealkylation sites (N-methyl/N-ethyl adjacent to an activating group) is 1. The lowest BCUT2D eigenvalue weighted by Crippen LogP contribution is -2.44. The van der Waals surface area contributed by atoms with Crippen molar-refractivity contribution in [2.45, 2.75) is 27.3 Å². The maximum absolute atomic E-state index is 4.37. The van der Waals surface area contributed by atoms with E-state index in [2.05, 4.69) is 58.3 Å². The fourth-order valence-electron chi connectivity index (χ4n) is 3.03. The Bertz CT molecular complexity index is 744. The van der Waals surface area contributed by atoms with E-state index in [4.69, 9.17) is 0 Å². The van der Waals surface area contributed by atoms with Gasteiger partial charge in [-0.2, -0.15) is 5.10 Å². The van der Waals surface area contributed by atoms with Gasteiger partial charge < -0.3 is 4.90 Å². The van der Waals surface area contributed by atoms with Crippen molar-refractivity contribution in [3.05, 3.63) is 45.5 Å². The van der Waals surface area contributed by atoms with Gasteiger partial charge in [0.2, 0.25) is 5.13 Å². The van der Waals surface area contributed by atoms with Crippen LogP contribution in [0.2, 0.25) is 0 Å². The average molecular weight is 358 g/mol. The number of thiazole rings is 1. The van der Waals surface area contributed by atoms with Gasteiger partial charge in [0.05, 0.1) is 11.9 Å². The van der Waals surface area contributed by atoms with Crippen LogP contribution in [0.5, 0.6) is 0 Å². The lowest BCUT2D eigenvalue weighted by molar-refractivity contribution is 0.148. The van der Waals surface area contributed by atoms with Crippen molar-refractivity contribution in [2.24, 2.45) is 5.10 Å². The Morgan fingerprint density at radius 1 is 1.16 bits per heavy atom. The fourth-order valence-corrected chi connectivity index (χ4v) is 3.67. The summed E-state index contributed by atoms with van der Waals surface area (Å²) in [6.45, 7) is 11.9. The number of benzene rings is 1. The first kappa shape index (κ1) is 18.0. The van der Waals surface area contributed by atoms with Crippen LogP contribution in [-0.2, 0) is 6.54 Å². The van der Waals surface area contributed by atoms with Crippen LogP contribution in [0.15, 0.2) is 22.6 Å². The van der Waals surface area contributed by atoms with Gasteiger partial charge in [-0.3, -0.25) is 10.3 Å². The summed E-state index contributed by atoms with van der Waals surface area (Å²) in [5.74, 6) is 0. The van der Waals surface area contributed by atoms with E-state index in [1.165, 1.54) is 16.7 Å². The molecule has 0 bridgehead atoms. The minimum Gasteiger partial charge on any atom is -0.304 e. The molecule has 3 rings (SSSR count). The Labute approximate surface area is 154 Å². The average Bonchev–Trinajstić information content (AvgIpc) is 2.99. The lowest BCUT2D eigenvalue weighted by atomic mass is 10.00. The van der Waals surface area contributed by atoms with Gasteiger partial charge in [-0.15, -0.1) is 11.3 Å². The van der Waals surface area contributed by atoms with Crippen LogP contribution < -0.4 is 5.43 Å². The van der Waals surface area contributed by atoms with Crippen LogP contribution in [0.25, 0.3) is 0 Å². The third-order valence-electron chi connectivity index (χ3n) is 4.70. The zero-order valence-electron chi connectivity index (χ0n) is 15.5. The molecule has 1 fully saturated rings. The monoisotopic (exact) mass is 357 g/mol. The van der Waals surface area contributed by atoms with Crippen LogP contribution in [0.3, 0.4) is 0 Å². The molecule has 6 heteroatoms. The van der Waals surface area contributed by atoms with E-state index in [0.717, 1.165) is 49.1 Å². The number of hydrogen-bond donors (Lipinski definition) is 1. The highest BCUT2D eigenvalue weighted by Gasteiger charge is 2.15. The van der Waals surface area contributed by atoms with Crippen molar-refractivity contribution >= 4 is 22.7 Å². The summed E-state index contributed by atoms with van der Waals surface area (Å²) < 4.78 is 0. The summed E-state index contributed by atoms with van der Waals surface area (Å²) in [5, 5.41) is 7.21. The number of nitrogens with one attached hydrogen (secondary N) is 1. The SMILES string of the molecule is Cc1csc(NN=Cc2cc(CN3CCN(C)CC3)c(C)cc2C)n1. The Morgan fingerprint density at radius 3 is 2.60 bits per heavy atom. The van der Waals surface area contributed by atoms with Gasteiger partial charge in [-0.1, -0.05) is 6.07 Å². The molecule has 5 nitrogen and oxygen atoms in total. The summed E-state index contributed by atoms with van der Waals surface area (Å²) in [6.07, 6.45) is 1.90. The molecule has 134 valence electrons. The number of rotatable bonds is 5. The molecular formula is C19H27N5S. The summed E-state index contributed by atoms with van der Waals surface area (Å²) in [6, 6.07) is 4.54. The minimum atomic E-state index is 0.830. The highest BCUT2D eigenvalue weighted by atomic mass is 32.1. The van der Waals surface area contributed by atoms with Gasteiger partial charge in [0.1, 0.15) is 0 Å². The molecule has 1 aromatic carbocycles. The molecule has 0 atom stereocenters. The van der Waals surface area contributed by atoms with Gasteiger partial charge in [-0.05, 0) is 56.1 Å². The Morgan fingerprint density at radius 2 is 1.92 bits per heavy atom. The number of piperazine rings is 1. The predicted octanol–water partition coefficient (Wildman–Crippen LogP) is 3.26. The van der Waals surface area contributed by atoms with Crippen molar-refractivity contribution in [2.75, 3.05) is 38.7 Å². The summed E-state index contributed by atoms with van der Waals surface area (Å²) in [7, 11) is 2.19. The van der Waals surface area contributed by atoms with Gasteiger partial charge in [0.25, 0.3) is 0 Å². The molecule has 0 spiro atoms. The van der Waals surface area contributed by atoms with E-state index in [1.807, 2.05) is 18.5 Å². The third kappa shape index (κ3) is 4.87. The highest BCUT2D eigenvalue weighted by molar-refractivity contribution is 7.13. The molecule has 0 radical (unpaired) electrons. The van der Waals surface area contributed by atoms with Crippen molar-refractivity contribution in [1.29, 1.82) is 0 Å². The van der Waals surface area contributed by atoms with Gasteiger partial charge in [-0.25, -0.2) is 4.98 Å². The Hall–Kier alpha value is -1.76. The molecule has 25 heavy (non-hydrogen) atoms. The second-order valence-electron chi connectivity index (χ2n) is 6.88. The van der Waals surface area contributed by atoms with Crippen LogP contribution in [0, 0.1) is 20.8 Å². The largest absolute Gasteiger partial charge is 0.304 e. The molecule has 1 saturated heterocycles. The van der Waals surface area contributed by atoms with Crippen molar-refractivity contribution < 1.29 is 0 Å². The topological polar surface area (TPSA) is 43.8 Å². The first-order valence-corrected chi connectivity index (χ1v) is 9.61. The number of hydrogen-bond acceptors (Lipinski definition) is 6. The van der Waals surface area contributed by atoms with Crippen molar-refractivity contribution in [3.8, 4) is 0 Å². The number of hydrazone groups is 1. The number of aromatic nitrogens is 1. The lowest BCUT2D eigenvalue weighted by Gasteiger charge is -2.32. The molecule has 1 aliphatic rings. The highest BCUT2D eigenvalue weighted by Crippen LogP contribution is 2.18. The maximum Gasteiger partial charge on any atom is 0.203 e. The summed E-state index contributed by atoms with van der Waals surface area (Å²) in [5.41, 5.74) is 9.20. The van der Waals surface area contributed by atoms with Crippen molar-refractivity contribution in [3.63, 3.8) is 0 Å². The third-order valence-corrected chi connectivity index (χ3v) is 5.56. The Kier molecular flexibility index (Phi) is 5.83. The van der Waals surface area contributed by atoms with Crippen molar-refractivity contribution in [1.82, 2.24) is 14.8 Å². The molecule has 1 aliphatic heterocycles. The molecule has 0 amide bonds. The smallest absolute Gasteiger partial charge is 0.203 e. The zero-order valence-corrected chi connectivity index (χ0v) is 16.4. The second kappa shape index (κ2) is 8.08. The second-order valence-corrected chi connectivity index (χ2v) is 7.74. The first-order chi connectivity index (χ1) is 12.0. The maximum atomic E-state index is 4.37. The predicted molar refractivity (Wildman–Crippen MR) is 107 cm³/mol. The summed E-state index contributed by atoms with van der Waals surface area (Å²) >= 11 is 1.57. The molecule has 1 aromatic heterocycles. The van der Waals surface area contributed by atoms with E-state index in [1.54, 1.807) is 11.3 Å². The summed E-state index contributed by atoms with van der Waals surface area (Å²) in [4.78, 5) is 9.29. The van der Waals surface area contributed by atoms with Crippen LogP contribution in [-0.4, -0.2) is 54.2 Å². The number of anilines is 1. The molecule has 0 unspecified atom stereocenters. The van der Waals surface area contributed by atoms with Crippen LogP contribution >= 0.6 is 11.3 Å². The molecule has 0 aliphatic carbocycles. The molecular weight excluding hydrogens is 330 g/mol. The van der Waals surface area contributed by atoms with E-state index >= 15 is 0 Å². The number of aryl methyl sites for hydroxylation is 3. The van der Waals surface area contributed by atoms with E-state index < -0.39 is 0 Å². The standard InChI is InChI=1S/C19H27N5S/c1-14-9-15(2)18(12-24-7-5-23(4)6-8-24)10-17(14)11-20-22-19-21-16(3)13-25-19/h9-11,13H,5-8,12H2,1-4H3,(H,21,22). The van der Waals surface area contributed by atoms with Gasteiger partial charge >= 0.3 is 0 Å². The Balaban J connectivity index is 1.69. The van der Waals surface area contributed by atoms with Gasteiger partial charge in [0, 0.05) is 38.1 Å². The normalized spacial score (nSPS) is 16.6. The van der Waals surface area contributed by atoms with E-state index in [-0.39, 0.29) is 0 Å². The minimum absolute atomic E-state index is 0.830. The van der Waals surface area contributed by atoms with Crippen LogP contribution in [0.1, 0.15) is 27.9 Å². The van der Waals surface area contributed by atoms with E-state index in [9.17, 15) is 0 Å². The fraction of sp³-hybridized carbons (Fsp3) is 0.474. The first-order valence-electron chi connectivity index (χ1n) is 8.73. The number of nitrogens with zero attached hydrogens (tertiary/aromatic N) is 4. The van der Waals surface area contributed by atoms with E-state index in [0.29, 0.717) is 0 Å². The van der Waals surface area contributed by atoms with Crippen LogP contribution in [0.4, 0.5) is 5.13 Å². The molecule has 0 saturated carbocycles. The molecule has 2 heterocycles. The quantitative estimate of drug-likeness (QED) is 0.659. The molecule has 2 aromatic rings. The zero-order chi connectivity index (χ0) is 17.8.